The van der Waals surface area contributed by atoms with Gasteiger partial charge in [0.25, 0.3) is 0 Å². The predicted molar refractivity (Wildman–Crippen MR) is 41.6 cm³/mol. The van der Waals surface area contributed by atoms with Gasteiger partial charge < -0.3 is 14.2 Å². The van der Waals surface area contributed by atoms with Crippen molar-refractivity contribution in [2.45, 2.75) is 31.7 Å². The Bertz CT molecular complexity index is 116. The molecule has 1 aliphatic heterocycles. The summed E-state index contributed by atoms with van der Waals surface area (Å²) >= 11 is 0. The summed E-state index contributed by atoms with van der Waals surface area (Å²) < 4.78 is 15.9. The third kappa shape index (κ3) is 2.15. The van der Waals surface area contributed by atoms with Crippen LogP contribution in [0.2, 0.25) is 0 Å². The Morgan fingerprint density at radius 2 is 1.82 bits per heavy atom. The summed E-state index contributed by atoms with van der Waals surface area (Å²) in [5.41, 5.74) is 0. The minimum absolute atomic E-state index is 0.108. The van der Waals surface area contributed by atoms with Crippen molar-refractivity contribution in [1.82, 2.24) is 0 Å². The van der Waals surface area contributed by atoms with Gasteiger partial charge in [0, 0.05) is 20.6 Å². The van der Waals surface area contributed by atoms with Crippen molar-refractivity contribution < 1.29 is 14.2 Å². The molecule has 0 aromatic heterocycles. The molecule has 3 atom stereocenters. The molecule has 1 fully saturated rings. The van der Waals surface area contributed by atoms with Gasteiger partial charge in [0.1, 0.15) is 6.10 Å². The lowest BCUT2D eigenvalue weighted by molar-refractivity contribution is -0.139. The molecule has 0 aromatic rings. The van der Waals surface area contributed by atoms with E-state index in [0.717, 1.165) is 6.42 Å². The Morgan fingerprint density at radius 1 is 1.18 bits per heavy atom. The van der Waals surface area contributed by atoms with Gasteiger partial charge in [0.05, 0.1) is 18.8 Å². The molecule has 0 bridgehead atoms. The lowest BCUT2D eigenvalue weighted by Gasteiger charge is -2.32. The highest BCUT2D eigenvalue weighted by Crippen LogP contribution is 2.18. The number of hydrogen-bond donors (Lipinski definition) is 0. The summed E-state index contributed by atoms with van der Waals surface area (Å²) in [5.74, 6) is 0. The van der Waals surface area contributed by atoms with Gasteiger partial charge in [-0.2, -0.15) is 0 Å². The quantitative estimate of drug-likeness (QED) is 0.598. The maximum Gasteiger partial charge on any atom is 0.107 e. The van der Waals surface area contributed by atoms with Crippen LogP contribution in [0.25, 0.3) is 0 Å². The highest BCUT2D eigenvalue weighted by atomic mass is 16.6. The topological polar surface area (TPSA) is 27.7 Å². The zero-order chi connectivity index (χ0) is 8.27. The fourth-order valence-corrected chi connectivity index (χ4v) is 1.38. The van der Waals surface area contributed by atoms with Crippen molar-refractivity contribution >= 4 is 0 Å². The first kappa shape index (κ1) is 8.97. The van der Waals surface area contributed by atoms with Crippen LogP contribution in [-0.2, 0) is 14.2 Å². The number of hydrogen-bond acceptors (Lipinski definition) is 3. The lowest BCUT2D eigenvalue weighted by atomic mass is 10.0. The maximum atomic E-state index is 5.41. The van der Waals surface area contributed by atoms with E-state index in [1.54, 1.807) is 14.2 Å². The fourth-order valence-electron chi connectivity index (χ4n) is 1.38. The molecule has 3 nitrogen and oxygen atoms in total. The largest absolute Gasteiger partial charge is 0.379 e. The standard InChI is InChI=1S/C8H16O3/c1-6-4-7(9-2)8(10-3)5-11-6/h6-8H,4-5H2,1-3H3. The van der Waals surface area contributed by atoms with Gasteiger partial charge >= 0.3 is 0 Å². The molecule has 0 N–H and O–H groups in total. The van der Waals surface area contributed by atoms with Crippen LogP contribution in [0.5, 0.6) is 0 Å². The summed E-state index contributed by atoms with van der Waals surface area (Å²) in [6.07, 6.45) is 1.53. The molecule has 1 heterocycles. The average Bonchev–Trinajstić information content (AvgIpc) is 2.04. The van der Waals surface area contributed by atoms with Crippen molar-refractivity contribution in [1.29, 1.82) is 0 Å². The van der Waals surface area contributed by atoms with E-state index in [2.05, 4.69) is 6.92 Å². The van der Waals surface area contributed by atoms with Crippen LogP contribution in [0.1, 0.15) is 13.3 Å². The van der Waals surface area contributed by atoms with Crippen LogP contribution in [0, 0.1) is 0 Å². The summed E-state index contributed by atoms with van der Waals surface area (Å²) in [7, 11) is 3.41. The normalized spacial score (nSPS) is 39.0. The van der Waals surface area contributed by atoms with Crippen LogP contribution in [0.15, 0.2) is 0 Å². The van der Waals surface area contributed by atoms with Gasteiger partial charge in [-0.1, -0.05) is 0 Å². The predicted octanol–water partition coefficient (Wildman–Crippen LogP) is 0.825. The van der Waals surface area contributed by atoms with E-state index in [9.17, 15) is 0 Å². The third-order valence-electron chi connectivity index (χ3n) is 2.13. The van der Waals surface area contributed by atoms with Crippen LogP contribution in [0.4, 0.5) is 0 Å². The van der Waals surface area contributed by atoms with Crippen molar-refractivity contribution in [3.05, 3.63) is 0 Å². The highest BCUT2D eigenvalue weighted by Gasteiger charge is 2.28. The van der Waals surface area contributed by atoms with Crippen molar-refractivity contribution in [2.24, 2.45) is 0 Å². The first-order valence-electron chi connectivity index (χ1n) is 3.95. The SMILES string of the molecule is COC1COC(C)CC1OC. The van der Waals surface area contributed by atoms with Crippen molar-refractivity contribution in [3.8, 4) is 0 Å². The molecule has 0 aliphatic carbocycles. The first-order valence-corrected chi connectivity index (χ1v) is 3.95. The van der Waals surface area contributed by atoms with E-state index >= 15 is 0 Å². The van der Waals surface area contributed by atoms with Gasteiger partial charge in [0.15, 0.2) is 0 Å². The van der Waals surface area contributed by atoms with Crippen LogP contribution in [-0.4, -0.2) is 39.1 Å². The number of rotatable bonds is 2. The van der Waals surface area contributed by atoms with E-state index < -0.39 is 0 Å². The molecule has 1 aliphatic rings. The van der Waals surface area contributed by atoms with Gasteiger partial charge in [-0.25, -0.2) is 0 Å². The van der Waals surface area contributed by atoms with Crippen molar-refractivity contribution in [2.75, 3.05) is 20.8 Å². The average molecular weight is 160 g/mol. The van der Waals surface area contributed by atoms with Crippen molar-refractivity contribution in [3.63, 3.8) is 0 Å². The summed E-state index contributed by atoms with van der Waals surface area (Å²) in [6, 6.07) is 0. The molecule has 1 rings (SSSR count). The summed E-state index contributed by atoms with van der Waals surface area (Å²) in [4.78, 5) is 0. The summed E-state index contributed by atoms with van der Waals surface area (Å²) in [6.45, 7) is 2.70. The van der Waals surface area contributed by atoms with Gasteiger partial charge in [-0.3, -0.25) is 0 Å². The van der Waals surface area contributed by atoms with Crippen LogP contribution in [0.3, 0.4) is 0 Å². The molecule has 0 saturated carbocycles. The minimum Gasteiger partial charge on any atom is -0.379 e. The van der Waals surface area contributed by atoms with E-state index in [0.29, 0.717) is 12.7 Å². The second-order valence-electron chi connectivity index (χ2n) is 2.93. The van der Waals surface area contributed by atoms with E-state index in [4.69, 9.17) is 14.2 Å². The first-order chi connectivity index (χ1) is 5.27. The number of ether oxygens (including phenoxy) is 3. The van der Waals surface area contributed by atoms with E-state index in [1.807, 2.05) is 0 Å². The second-order valence-corrected chi connectivity index (χ2v) is 2.93. The molecule has 3 heteroatoms. The smallest absolute Gasteiger partial charge is 0.107 e. The van der Waals surface area contributed by atoms with Crippen LogP contribution < -0.4 is 0 Å². The Balaban J connectivity index is 2.41. The Morgan fingerprint density at radius 3 is 2.36 bits per heavy atom. The maximum absolute atomic E-state index is 5.41. The number of methoxy groups -OCH3 is 2. The molecule has 11 heavy (non-hydrogen) atoms. The van der Waals surface area contributed by atoms with Gasteiger partial charge in [0.2, 0.25) is 0 Å². The van der Waals surface area contributed by atoms with E-state index in [1.165, 1.54) is 0 Å². The zero-order valence-corrected chi connectivity index (χ0v) is 7.37. The molecule has 0 spiro atoms. The van der Waals surface area contributed by atoms with E-state index in [-0.39, 0.29) is 12.2 Å². The monoisotopic (exact) mass is 160 g/mol. The minimum atomic E-state index is 0.108. The molecule has 66 valence electrons. The third-order valence-corrected chi connectivity index (χ3v) is 2.13. The Kier molecular flexibility index (Phi) is 3.30. The molecule has 0 aromatic carbocycles. The zero-order valence-electron chi connectivity index (χ0n) is 7.37. The summed E-state index contributed by atoms with van der Waals surface area (Å²) in [5, 5.41) is 0. The molecule has 0 radical (unpaired) electrons. The Labute approximate surface area is 67.6 Å². The van der Waals surface area contributed by atoms with Gasteiger partial charge in [-0.15, -0.1) is 0 Å². The molecule has 3 unspecified atom stereocenters. The molecular weight excluding hydrogens is 144 g/mol. The second kappa shape index (κ2) is 4.04. The van der Waals surface area contributed by atoms with Gasteiger partial charge in [-0.05, 0) is 6.92 Å². The highest BCUT2D eigenvalue weighted by molar-refractivity contribution is 4.77. The molecule has 1 saturated heterocycles. The fraction of sp³-hybridized carbons (Fsp3) is 1.00. The molecular formula is C8H16O3. The Hall–Kier alpha value is -0.120. The van der Waals surface area contributed by atoms with Crippen LogP contribution >= 0.6 is 0 Å². The molecule has 0 amide bonds. The lowest BCUT2D eigenvalue weighted by Crippen LogP contribution is -2.42.